The van der Waals surface area contributed by atoms with Gasteiger partial charge in [0, 0.05) is 17.8 Å². The van der Waals surface area contributed by atoms with Crippen LogP contribution in [-0.2, 0) is 11.2 Å². The van der Waals surface area contributed by atoms with Gasteiger partial charge in [-0.3, -0.25) is 9.89 Å². The summed E-state index contributed by atoms with van der Waals surface area (Å²) in [6, 6.07) is 0. The summed E-state index contributed by atoms with van der Waals surface area (Å²) in [5.41, 5.74) is 1.99. The van der Waals surface area contributed by atoms with Crippen molar-refractivity contribution < 1.29 is 4.79 Å². The number of Topliss-reactive ketones (excluding diaryl/α,β-unsaturated/α-hetero) is 1. The molecule has 0 aliphatic carbocycles. The van der Waals surface area contributed by atoms with E-state index in [1.165, 1.54) is 0 Å². The molecule has 14 heavy (non-hydrogen) atoms. The molecule has 0 saturated carbocycles. The molecule has 2 N–H and O–H groups in total. The van der Waals surface area contributed by atoms with Crippen LogP contribution in [0.5, 0.6) is 0 Å². The van der Waals surface area contributed by atoms with Gasteiger partial charge in [0.1, 0.15) is 0 Å². The fourth-order valence-corrected chi connectivity index (χ4v) is 2.01. The van der Waals surface area contributed by atoms with E-state index < -0.39 is 0 Å². The van der Waals surface area contributed by atoms with Gasteiger partial charge in [-0.05, 0) is 6.42 Å². The summed E-state index contributed by atoms with van der Waals surface area (Å²) in [4.78, 5) is 16.0. The molecular weight excluding hydrogens is 180 g/mol. The molecule has 3 rings (SSSR count). The zero-order valence-electron chi connectivity index (χ0n) is 7.58. The second kappa shape index (κ2) is 2.75. The molecule has 0 aromatic carbocycles. The lowest BCUT2D eigenvalue weighted by molar-refractivity contribution is -0.120. The fraction of sp³-hybridized carbons (Fsp3) is 0.444. The molecule has 1 unspecified atom stereocenters. The van der Waals surface area contributed by atoms with E-state index in [-0.39, 0.29) is 11.7 Å². The van der Waals surface area contributed by atoms with Crippen LogP contribution in [0.4, 0.5) is 5.82 Å². The summed E-state index contributed by atoms with van der Waals surface area (Å²) >= 11 is 0. The van der Waals surface area contributed by atoms with Crippen molar-refractivity contribution in [3.05, 3.63) is 11.8 Å². The molecule has 1 saturated heterocycles. The third-order valence-electron chi connectivity index (χ3n) is 2.77. The Morgan fingerprint density at radius 3 is 3.29 bits per heavy atom. The van der Waals surface area contributed by atoms with Gasteiger partial charge in [-0.15, -0.1) is 0 Å². The van der Waals surface area contributed by atoms with Crippen molar-refractivity contribution in [3.8, 4) is 0 Å². The molecule has 1 fully saturated rings. The van der Waals surface area contributed by atoms with Gasteiger partial charge >= 0.3 is 0 Å². The van der Waals surface area contributed by atoms with E-state index in [9.17, 15) is 4.79 Å². The molecule has 5 nitrogen and oxygen atoms in total. The fourth-order valence-electron chi connectivity index (χ4n) is 2.01. The monoisotopic (exact) mass is 190 g/mol. The average molecular weight is 190 g/mol. The Bertz CT molecular complexity index is 420. The second-order valence-corrected chi connectivity index (χ2v) is 3.67. The maximum atomic E-state index is 11.6. The molecule has 1 atom stereocenters. The minimum Gasteiger partial charge on any atom is -0.305 e. The van der Waals surface area contributed by atoms with Gasteiger partial charge in [0.15, 0.2) is 11.6 Å². The van der Waals surface area contributed by atoms with Crippen LogP contribution in [0.1, 0.15) is 5.56 Å². The molecule has 72 valence electrons. The molecular formula is C9H10N4O. The van der Waals surface area contributed by atoms with Crippen molar-refractivity contribution >= 4 is 17.3 Å². The quantitative estimate of drug-likeness (QED) is 0.596. The van der Waals surface area contributed by atoms with Crippen LogP contribution in [0.25, 0.3) is 0 Å². The molecule has 5 heteroatoms. The lowest BCUT2D eigenvalue weighted by atomic mass is 9.87. The highest BCUT2D eigenvalue weighted by Gasteiger charge is 2.32. The number of nitrogens with zero attached hydrogens (tertiary/aromatic N) is 2. The third-order valence-corrected chi connectivity index (χ3v) is 2.77. The summed E-state index contributed by atoms with van der Waals surface area (Å²) in [6.45, 7) is 1.19. The van der Waals surface area contributed by atoms with E-state index in [2.05, 4.69) is 20.5 Å². The lowest BCUT2D eigenvalue weighted by Gasteiger charge is -2.26. The SMILES string of the molecule is O=C1CNCC2=Nc3[nH]ncc3CC12. The number of carbonyl (C=O) groups is 1. The second-order valence-electron chi connectivity index (χ2n) is 3.67. The highest BCUT2D eigenvalue weighted by molar-refractivity contribution is 6.10. The summed E-state index contributed by atoms with van der Waals surface area (Å²) in [7, 11) is 0. The number of nitrogens with one attached hydrogen (secondary N) is 2. The number of piperidine rings is 1. The molecule has 2 aliphatic rings. The number of carbonyl (C=O) groups excluding carboxylic acids is 1. The van der Waals surface area contributed by atoms with Crippen molar-refractivity contribution in [1.82, 2.24) is 15.5 Å². The first-order valence-corrected chi connectivity index (χ1v) is 4.68. The summed E-state index contributed by atoms with van der Waals surface area (Å²) in [6.07, 6.45) is 2.51. The Morgan fingerprint density at radius 1 is 1.43 bits per heavy atom. The van der Waals surface area contributed by atoms with Crippen molar-refractivity contribution in [3.63, 3.8) is 0 Å². The van der Waals surface area contributed by atoms with Gasteiger partial charge in [0.25, 0.3) is 0 Å². The van der Waals surface area contributed by atoms with Gasteiger partial charge in [-0.1, -0.05) is 0 Å². The molecule has 0 amide bonds. The third kappa shape index (κ3) is 1.02. The van der Waals surface area contributed by atoms with Crippen LogP contribution in [0.15, 0.2) is 11.2 Å². The number of fused-ring (bicyclic) bond motifs is 2. The number of aromatic amines is 1. The topological polar surface area (TPSA) is 70.1 Å². The molecule has 1 aromatic heterocycles. The van der Waals surface area contributed by atoms with Crippen LogP contribution in [-0.4, -0.2) is 34.8 Å². The van der Waals surface area contributed by atoms with E-state index >= 15 is 0 Å². The summed E-state index contributed by atoms with van der Waals surface area (Å²) < 4.78 is 0. The van der Waals surface area contributed by atoms with Gasteiger partial charge in [0.05, 0.1) is 18.7 Å². The number of hydrogen-bond acceptors (Lipinski definition) is 4. The maximum Gasteiger partial charge on any atom is 0.155 e. The van der Waals surface area contributed by atoms with E-state index in [0.29, 0.717) is 6.54 Å². The number of rotatable bonds is 0. The number of aliphatic imine (C=N–C) groups is 1. The first-order chi connectivity index (χ1) is 6.84. The molecule has 3 heterocycles. The van der Waals surface area contributed by atoms with Gasteiger partial charge in [0.2, 0.25) is 0 Å². The normalized spacial score (nSPS) is 25.3. The van der Waals surface area contributed by atoms with Crippen LogP contribution < -0.4 is 5.32 Å². The zero-order chi connectivity index (χ0) is 9.54. The highest BCUT2D eigenvalue weighted by Crippen LogP contribution is 2.27. The standard InChI is InChI=1S/C9H10N4O/c14-8-4-10-3-7-6(8)1-5-2-11-13-9(5)12-7/h2,6,10H,1,3-4H2,(H,11,13). The van der Waals surface area contributed by atoms with Crippen LogP contribution in [0.2, 0.25) is 0 Å². The number of hydrogen-bond donors (Lipinski definition) is 2. The van der Waals surface area contributed by atoms with Crippen LogP contribution in [0, 0.1) is 5.92 Å². The van der Waals surface area contributed by atoms with Crippen molar-refractivity contribution in [2.24, 2.45) is 10.9 Å². The molecule has 0 spiro atoms. The van der Waals surface area contributed by atoms with Crippen LogP contribution >= 0.6 is 0 Å². The molecule has 0 radical (unpaired) electrons. The highest BCUT2D eigenvalue weighted by atomic mass is 16.1. The zero-order valence-corrected chi connectivity index (χ0v) is 7.58. The Balaban J connectivity index is 2.05. The largest absolute Gasteiger partial charge is 0.305 e. The minimum absolute atomic E-state index is 0.0126. The van der Waals surface area contributed by atoms with E-state index in [4.69, 9.17) is 0 Å². The van der Waals surface area contributed by atoms with E-state index in [1.54, 1.807) is 6.20 Å². The number of ketones is 1. The molecule has 1 aromatic rings. The van der Waals surface area contributed by atoms with Crippen LogP contribution in [0.3, 0.4) is 0 Å². The number of aromatic nitrogens is 2. The summed E-state index contributed by atoms with van der Waals surface area (Å²) in [5, 5.41) is 9.79. The average Bonchev–Trinajstić information content (AvgIpc) is 2.62. The predicted octanol–water partition coefficient (Wildman–Crippen LogP) is -0.173. The van der Waals surface area contributed by atoms with Crippen molar-refractivity contribution in [1.29, 1.82) is 0 Å². The maximum absolute atomic E-state index is 11.6. The Hall–Kier alpha value is -1.49. The first-order valence-electron chi connectivity index (χ1n) is 4.68. The van der Waals surface area contributed by atoms with Gasteiger partial charge in [-0.2, -0.15) is 5.10 Å². The first kappa shape index (κ1) is 7.87. The van der Waals surface area contributed by atoms with Gasteiger partial charge in [-0.25, -0.2) is 4.99 Å². The Morgan fingerprint density at radius 2 is 2.36 bits per heavy atom. The van der Waals surface area contributed by atoms with Crippen molar-refractivity contribution in [2.45, 2.75) is 6.42 Å². The van der Waals surface area contributed by atoms with Gasteiger partial charge < -0.3 is 5.32 Å². The van der Waals surface area contributed by atoms with Crippen molar-refractivity contribution in [2.75, 3.05) is 13.1 Å². The van der Waals surface area contributed by atoms with E-state index in [0.717, 1.165) is 30.1 Å². The number of H-pyrrole nitrogens is 1. The minimum atomic E-state index is -0.0126. The summed E-state index contributed by atoms with van der Waals surface area (Å²) in [5.74, 6) is 1.04. The molecule has 0 bridgehead atoms. The van der Waals surface area contributed by atoms with E-state index in [1.807, 2.05) is 0 Å². The lowest BCUT2D eigenvalue weighted by Crippen LogP contribution is -2.46. The molecule has 2 aliphatic heterocycles. The Kier molecular flexibility index (Phi) is 1.55. The Labute approximate surface area is 80.6 Å². The smallest absolute Gasteiger partial charge is 0.155 e. The predicted molar refractivity (Wildman–Crippen MR) is 50.8 cm³/mol.